The summed E-state index contributed by atoms with van der Waals surface area (Å²) in [7, 11) is 0. The Bertz CT molecular complexity index is 372. The largest absolute Gasteiger partial charge is 0.381 e. The minimum atomic E-state index is 0.601. The van der Waals surface area contributed by atoms with E-state index in [-0.39, 0.29) is 0 Å². The van der Waals surface area contributed by atoms with Gasteiger partial charge in [-0.05, 0) is 35.7 Å². The predicted molar refractivity (Wildman–Crippen MR) is 73.6 cm³/mol. The van der Waals surface area contributed by atoms with Gasteiger partial charge in [0.05, 0.1) is 4.47 Å². The second-order valence-electron chi connectivity index (χ2n) is 3.80. The molecule has 2 heterocycles. The van der Waals surface area contributed by atoms with Gasteiger partial charge in [-0.25, -0.2) is 9.97 Å². The number of nitrogens with one attached hydrogen (secondary N) is 1. The summed E-state index contributed by atoms with van der Waals surface area (Å²) in [5, 5.41) is 4.84. The molecule has 2 rings (SSSR count). The zero-order chi connectivity index (χ0) is 12.1. The molecule has 1 aliphatic rings. The summed E-state index contributed by atoms with van der Waals surface area (Å²) in [6.07, 6.45) is 3.81. The standard InChI is InChI=1S/C11H16BrN3OS/c1-2-13-10-9(12)11(15-7-14-10)17-8-3-5-16-6-4-8/h7-8H,2-6H2,1H3,(H,13,14,15). The fourth-order valence-electron chi connectivity index (χ4n) is 1.68. The van der Waals surface area contributed by atoms with Gasteiger partial charge < -0.3 is 10.1 Å². The molecule has 1 saturated heterocycles. The van der Waals surface area contributed by atoms with Crippen LogP contribution in [0.1, 0.15) is 19.8 Å². The van der Waals surface area contributed by atoms with E-state index < -0.39 is 0 Å². The smallest absolute Gasteiger partial charge is 0.144 e. The van der Waals surface area contributed by atoms with Crippen LogP contribution in [0, 0.1) is 0 Å². The third-order valence-electron chi connectivity index (χ3n) is 2.55. The van der Waals surface area contributed by atoms with Crippen LogP contribution >= 0.6 is 27.7 Å². The van der Waals surface area contributed by atoms with Crippen molar-refractivity contribution in [3.63, 3.8) is 0 Å². The molecule has 0 aromatic carbocycles. The third kappa shape index (κ3) is 3.56. The summed E-state index contributed by atoms with van der Waals surface area (Å²) < 4.78 is 6.33. The molecule has 6 heteroatoms. The van der Waals surface area contributed by atoms with E-state index in [0.717, 1.165) is 47.9 Å². The van der Waals surface area contributed by atoms with E-state index >= 15 is 0 Å². The van der Waals surface area contributed by atoms with Gasteiger partial charge in [0, 0.05) is 25.0 Å². The van der Waals surface area contributed by atoms with Gasteiger partial charge in [0.2, 0.25) is 0 Å². The van der Waals surface area contributed by atoms with E-state index in [1.165, 1.54) is 0 Å². The number of aromatic nitrogens is 2. The molecule has 0 bridgehead atoms. The molecule has 0 atom stereocenters. The molecule has 0 spiro atoms. The van der Waals surface area contributed by atoms with E-state index in [1.807, 2.05) is 11.8 Å². The minimum absolute atomic E-state index is 0.601. The van der Waals surface area contributed by atoms with Crippen LogP contribution in [0.3, 0.4) is 0 Å². The van der Waals surface area contributed by atoms with Crippen LogP contribution in [-0.2, 0) is 4.74 Å². The fraction of sp³-hybridized carbons (Fsp3) is 0.636. The van der Waals surface area contributed by atoms with Crippen LogP contribution in [0.2, 0.25) is 0 Å². The van der Waals surface area contributed by atoms with E-state index in [2.05, 4.69) is 38.1 Å². The van der Waals surface area contributed by atoms with Crippen molar-refractivity contribution in [2.45, 2.75) is 30.0 Å². The maximum atomic E-state index is 5.36. The lowest BCUT2D eigenvalue weighted by Crippen LogP contribution is -2.17. The maximum Gasteiger partial charge on any atom is 0.144 e. The first kappa shape index (κ1) is 13.1. The van der Waals surface area contributed by atoms with Gasteiger partial charge in [-0.2, -0.15) is 0 Å². The average molecular weight is 318 g/mol. The van der Waals surface area contributed by atoms with Gasteiger partial charge in [0.1, 0.15) is 17.2 Å². The lowest BCUT2D eigenvalue weighted by atomic mass is 10.2. The monoisotopic (exact) mass is 317 g/mol. The van der Waals surface area contributed by atoms with Crippen molar-refractivity contribution in [1.29, 1.82) is 0 Å². The molecule has 0 unspecified atom stereocenters. The zero-order valence-corrected chi connectivity index (χ0v) is 12.2. The van der Waals surface area contributed by atoms with Crippen LogP contribution in [-0.4, -0.2) is 35.0 Å². The molecule has 17 heavy (non-hydrogen) atoms. The van der Waals surface area contributed by atoms with E-state index in [4.69, 9.17) is 4.74 Å². The Labute approximate surface area is 114 Å². The Morgan fingerprint density at radius 2 is 2.24 bits per heavy atom. The minimum Gasteiger partial charge on any atom is -0.381 e. The molecular formula is C11H16BrN3OS. The molecule has 0 aliphatic carbocycles. The fourth-order valence-corrected chi connectivity index (χ4v) is 3.36. The van der Waals surface area contributed by atoms with E-state index in [1.54, 1.807) is 6.33 Å². The Hall–Kier alpha value is -0.330. The molecule has 1 aromatic heterocycles. The van der Waals surface area contributed by atoms with Crippen molar-refractivity contribution in [2.75, 3.05) is 25.1 Å². The van der Waals surface area contributed by atoms with Crippen molar-refractivity contribution in [3.05, 3.63) is 10.8 Å². The molecule has 1 aliphatic heterocycles. The lowest BCUT2D eigenvalue weighted by Gasteiger charge is -2.21. The first-order valence-corrected chi connectivity index (χ1v) is 7.47. The normalized spacial score (nSPS) is 17.1. The highest BCUT2D eigenvalue weighted by atomic mass is 79.9. The molecule has 4 nitrogen and oxygen atoms in total. The van der Waals surface area contributed by atoms with Crippen molar-refractivity contribution in [1.82, 2.24) is 9.97 Å². The summed E-state index contributed by atoms with van der Waals surface area (Å²) in [4.78, 5) is 8.55. The van der Waals surface area contributed by atoms with Crippen LogP contribution in [0.4, 0.5) is 5.82 Å². The quantitative estimate of drug-likeness (QED) is 0.865. The molecule has 1 fully saturated rings. The first-order valence-electron chi connectivity index (χ1n) is 5.80. The summed E-state index contributed by atoms with van der Waals surface area (Å²) in [5.74, 6) is 0.872. The molecular weight excluding hydrogens is 302 g/mol. The highest BCUT2D eigenvalue weighted by molar-refractivity contribution is 9.10. The Morgan fingerprint density at radius 1 is 1.47 bits per heavy atom. The summed E-state index contributed by atoms with van der Waals surface area (Å²) in [5.41, 5.74) is 0. The topological polar surface area (TPSA) is 47.0 Å². The number of halogens is 1. The average Bonchev–Trinajstić information content (AvgIpc) is 2.36. The Morgan fingerprint density at radius 3 is 2.94 bits per heavy atom. The number of nitrogens with zero attached hydrogens (tertiary/aromatic N) is 2. The van der Waals surface area contributed by atoms with E-state index in [9.17, 15) is 0 Å². The number of ether oxygens (including phenoxy) is 1. The summed E-state index contributed by atoms with van der Waals surface area (Å²) in [6, 6.07) is 0. The number of hydrogen-bond acceptors (Lipinski definition) is 5. The number of thioether (sulfide) groups is 1. The molecule has 1 aromatic rings. The molecule has 0 saturated carbocycles. The molecule has 0 amide bonds. The van der Waals surface area contributed by atoms with Crippen molar-refractivity contribution < 1.29 is 4.74 Å². The maximum absolute atomic E-state index is 5.36. The predicted octanol–water partition coefficient (Wildman–Crippen LogP) is 2.94. The van der Waals surface area contributed by atoms with Crippen LogP contribution in [0.15, 0.2) is 15.8 Å². The SMILES string of the molecule is CCNc1ncnc(SC2CCOCC2)c1Br. The van der Waals surface area contributed by atoms with E-state index in [0.29, 0.717) is 5.25 Å². The Balaban J connectivity index is 2.06. The second-order valence-corrected chi connectivity index (χ2v) is 5.88. The number of anilines is 1. The van der Waals surface area contributed by atoms with Gasteiger partial charge in [-0.15, -0.1) is 11.8 Å². The van der Waals surface area contributed by atoms with Gasteiger partial charge in [-0.1, -0.05) is 0 Å². The third-order valence-corrected chi connectivity index (χ3v) is 4.90. The van der Waals surface area contributed by atoms with Gasteiger partial charge in [0.25, 0.3) is 0 Å². The van der Waals surface area contributed by atoms with Crippen molar-refractivity contribution >= 4 is 33.5 Å². The van der Waals surface area contributed by atoms with Gasteiger partial charge in [0.15, 0.2) is 0 Å². The molecule has 1 N–H and O–H groups in total. The number of rotatable bonds is 4. The molecule has 0 radical (unpaired) electrons. The summed E-state index contributed by atoms with van der Waals surface area (Å²) >= 11 is 5.38. The van der Waals surface area contributed by atoms with Crippen LogP contribution in [0.25, 0.3) is 0 Å². The van der Waals surface area contributed by atoms with Crippen molar-refractivity contribution in [3.8, 4) is 0 Å². The van der Waals surface area contributed by atoms with Crippen LogP contribution in [0.5, 0.6) is 0 Å². The van der Waals surface area contributed by atoms with Gasteiger partial charge in [-0.3, -0.25) is 0 Å². The zero-order valence-electron chi connectivity index (χ0n) is 9.78. The molecule has 94 valence electrons. The number of hydrogen-bond donors (Lipinski definition) is 1. The van der Waals surface area contributed by atoms with Crippen molar-refractivity contribution in [2.24, 2.45) is 0 Å². The highest BCUT2D eigenvalue weighted by Crippen LogP contribution is 2.35. The second kappa shape index (κ2) is 6.56. The Kier molecular flexibility index (Phi) is 5.06. The summed E-state index contributed by atoms with van der Waals surface area (Å²) in [6.45, 7) is 4.64. The lowest BCUT2D eigenvalue weighted by molar-refractivity contribution is 0.1000. The van der Waals surface area contributed by atoms with Gasteiger partial charge >= 0.3 is 0 Å². The van der Waals surface area contributed by atoms with Crippen LogP contribution < -0.4 is 5.32 Å². The highest BCUT2D eigenvalue weighted by Gasteiger charge is 2.18. The first-order chi connectivity index (χ1) is 8.31.